The standard InChI is InChI=1S/C16H14N6O/c1-10(14-21-20-13-8-4-5-9-22(13)14)17-16-18-12-7-3-2-6-11(12)15(23)19-16/h2-10H,1H3,(H2,17,18,19,23). The molecule has 4 rings (SSSR count). The van der Waals surface area contributed by atoms with Crippen molar-refractivity contribution in [2.24, 2.45) is 0 Å². The van der Waals surface area contributed by atoms with Crippen molar-refractivity contribution in [3.8, 4) is 0 Å². The molecule has 7 nitrogen and oxygen atoms in total. The maximum atomic E-state index is 12.1. The van der Waals surface area contributed by atoms with Gasteiger partial charge in [-0.2, -0.15) is 0 Å². The SMILES string of the molecule is CC(Nc1nc2ccccc2c(=O)[nH]1)c1nnc2ccccn12. The molecule has 0 fully saturated rings. The zero-order valence-corrected chi connectivity index (χ0v) is 12.4. The lowest BCUT2D eigenvalue weighted by Crippen LogP contribution is -2.17. The van der Waals surface area contributed by atoms with Gasteiger partial charge in [-0.3, -0.25) is 14.2 Å². The van der Waals surface area contributed by atoms with Gasteiger partial charge in [-0.1, -0.05) is 18.2 Å². The second kappa shape index (κ2) is 5.20. The van der Waals surface area contributed by atoms with Crippen molar-refractivity contribution in [1.82, 2.24) is 24.6 Å². The van der Waals surface area contributed by atoms with Crippen LogP contribution in [0, 0.1) is 0 Å². The summed E-state index contributed by atoms with van der Waals surface area (Å²) in [6, 6.07) is 12.8. The van der Waals surface area contributed by atoms with Crippen molar-refractivity contribution in [2.45, 2.75) is 13.0 Å². The highest BCUT2D eigenvalue weighted by atomic mass is 16.1. The summed E-state index contributed by atoms with van der Waals surface area (Å²) in [4.78, 5) is 19.3. The zero-order chi connectivity index (χ0) is 15.8. The van der Waals surface area contributed by atoms with Crippen molar-refractivity contribution in [3.05, 3.63) is 64.8 Å². The van der Waals surface area contributed by atoms with Gasteiger partial charge in [0, 0.05) is 6.20 Å². The van der Waals surface area contributed by atoms with Crippen LogP contribution in [0.15, 0.2) is 53.5 Å². The summed E-state index contributed by atoms with van der Waals surface area (Å²) in [6.45, 7) is 1.94. The van der Waals surface area contributed by atoms with E-state index in [0.29, 0.717) is 16.9 Å². The number of nitrogens with one attached hydrogen (secondary N) is 2. The zero-order valence-electron chi connectivity index (χ0n) is 12.4. The van der Waals surface area contributed by atoms with Crippen molar-refractivity contribution >= 4 is 22.5 Å². The highest BCUT2D eigenvalue weighted by molar-refractivity contribution is 5.78. The summed E-state index contributed by atoms with van der Waals surface area (Å²) in [7, 11) is 0. The van der Waals surface area contributed by atoms with Crippen LogP contribution in [-0.4, -0.2) is 24.6 Å². The third kappa shape index (κ3) is 2.32. The van der Waals surface area contributed by atoms with E-state index in [1.54, 1.807) is 6.07 Å². The Morgan fingerprint density at radius 1 is 1.13 bits per heavy atom. The first-order chi connectivity index (χ1) is 11.2. The Kier molecular flexibility index (Phi) is 3.04. The fourth-order valence-corrected chi connectivity index (χ4v) is 2.58. The van der Waals surface area contributed by atoms with E-state index < -0.39 is 0 Å². The number of rotatable bonds is 3. The maximum Gasteiger partial charge on any atom is 0.260 e. The maximum absolute atomic E-state index is 12.1. The minimum atomic E-state index is -0.170. The van der Waals surface area contributed by atoms with Crippen molar-refractivity contribution in [3.63, 3.8) is 0 Å². The van der Waals surface area contributed by atoms with Crippen LogP contribution in [0.2, 0.25) is 0 Å². The molecule has 0 aliphatic carbocycles. The number of aromatic amines is 1. The van der Waals surface area contributed by atoms with E-state index >= 15 is 0 Å². The molecule has 1 atom stereocenters. The Labute approximate surface area is 131 Å². The molecule has 4 aromatic rings. The molecule has 0 aliphatic heterocycles. The summed E-state index contributed by atoms with van der Waals surface area (Å²) in [6.07, 6.45) is 1.90. The second-order valence-electron chi connectivity index (χ2n) is 5.28. The molecule has 3 aromatic heterocycles. The highest BCUT2D eigenvalue weighted by Gasteiger charge is 2.14. The Hall–Kier alpha value is -3.22. The first kappa shape index (κ1) is 13.4. The van der Waals surface area contributed by atoms with Crippen LogP contribution in [0.25, 0.3) is 16.6 Å². The molecule has 0 spiro atoms. The predicted octanol–water partition coefficient (Wildman–Crippen LogP) is 2.14. The average molecular weight is 306 g/mol. The van der Waals surface area contributed by atoms with E-state index in [9.17, 15) is 4.79 Å². The van der Waals surface area contributed by atoms with E-state index in [2.05, 4.69) is 25.5 Å². The number of anilines is 1. The van der Waals surface area contributed by atoms with Crippen LogP contribution in [0.3, 0.4) is 0 Å². The third-order valence-electron chi connectivity index (χ3n) is 3.69. The molecular weight excluding hydrogens is 292 g/mol. The number of aromatic nitrogens is 5. The van der Waals surface area contributed by atoms with Gasteiger partial charge in [-0.15, -0.1) is 10.2 Å². The molecule has 7 heteroatoms. The van der Waals surface area contributed by atoms with Crippen LogP contribution in [-0.2, 0) is 0 Å². The minimum absolute atomic E-state index is 0.170. The number of nitrogens with zero attached hydrogens (tertiary/aromatic N) is 4. The number of fused-ring (bicyclic) bond motifs is 2. The first-order valence-electron chi connectivity index (χ1n) is 7.27. The fraction of sp³-hybridized carbons (Fsp3) is 0.125. The van der Waals surface area contributed by atoms with Crippen molar-refractivity contribution < 1.29 is 0 Å². The normalized spacial score (nSPS) is 12.6. The first-order valence-corrected chi connectivity index (χ1v) is 7.27. The van der Waals surface area contributed by atoms with Crippen LogP contribution < -0.4 is 10.9 Å². The molecule has 0 saturated heterocycles. The molecule has 114 valence electrons. The van der Waals surface area contributed by atoms with Crippen LogP contribution in [0.1, 0.15) is 18.8 Å². The van der Waals surface area contributed by atoms with E-state index in [4.69, 9.17) is 0 Å². The number of para-hydroxylation sites is 1. The highest BCUT2D eigenvalue weighted by Crippen LogP contribution is 2.16. The van der Waals surface area contributed by atoms with E-state index in [1.165, 1.54) is 0 Å². The van der Waals surface area contributed by atoms with E-state index in [0.717, 1.165) is 11.5 Å². The van der Waals surface area contributed by atoms with Gasteiger partial charge in [0.25, 0.3) is 5.56 Å². The van der Waals surface area contributed by atoms with Gasteiger partial charge in [-0.25, -0.2) is 4.98 Å². The summed E-state index contributed by atoms with van der Waals surface area (Å²) in [5, 5.41) is 12.1. The number of hydrogen-bond donors (Lipinski definition) is 2. The van der Waals surface area contributed by atoms with Crippen molar-refractivity contribution in [2.75, 3.05) is 5.32 Å². The fourth-order valence-electron chi connectivity index (χ4n) is 2.58. The van der Waals surface area contributed by atoms with E-state index in [-0.39, 0.29) is 11.6 Å². The molecule has 3 heterocycles. The summed E-state index contributed by atoms with van der Waals surface area (Å²) >= 11 is 0. The van der Waals surface area contributed by atoms with Gasteiger partial charge < -0.3 is 5.32 Å². The van der Waals surface area contributed by atoms with Crippen molar-refractivity contribution in [1.29, 1.82) is 0 Å². The minimum Gasteiger partial charge on any atom is -0.346 e. The van der Waals surface area contributed by atoms with E-state index in [1.807, 2.05) is 53.9 Å². The number of benzene rings is 1. The average Bonchev–Trinajstić information content (AvgIpc) is 2.99. The second-order valence-corrected chi connectivity index (χ2v) is 5.28. The summed E-state index contributed by atoms with van der Waals surface area (Å²) < 4.78 is 1.90. The number of H-pyrrole nitrogens is 1. The molecular formula is C16H14N6O. The lowest BCUT2D eigenvalue weighted by atomic mass is 10.2. The van der Waals surface area contributed by atoms with Gasteiger partial charge in [-0.05, 0) is 31.2 Å². The number of pyridine rings is 1. The van der Waals surface area contributed by atoms with Crippen LogP contribution in [0.5, 0.6) is 0 Å². The molecule has 1 unspecified atom stereocenters. The van der Waals surface area contributed by atoms with Crippen LogP contribution >= 0.6 is 0 Å². The molecule has 1 aromatic carbocycles. The largest absolute Gasteiger partial charge is 0.346 e. The number of hydrogen-bond acceptors (Lipinski definition) is 5. The third-order valence-corrected chi connectivity index (χ3v) is 3.69. The molecule has 0 radical (unpaired) electrons. The van der Waals surface area contributed by atoms with Gasteiger partial charge in [0.15, 0.2) is 11.5 Å². The molecule has 2 N–H and O–H groups in total. The Balaban J connectivity index is 1.71. The van der Waals surface area contributed by atoms with Gasteiger partial charge in [0.2, 0.25) is 5.95 Å². The molecule has 0 aliphatic rings. The van der Waals surface area contributed by atoms with Gasteiger partial charge in [0.1, 0.15) is 0 Å². The Bertz CT molecular complexity index is 1050. The molecule has 0 bridgehead atoms. The lowest BCUT2D eigenvalue weighted by Gasteiger charge is -2.13. The Morgan fingerprint density at radius 2 is 1.96 bits per heavy atom. The van der Waals surface area contributed by atoms with Crippen LogP contribution in [0.4, 0.5) is 5.95 Å². The molecule has 23 heavy (non-hydrogen) atoms. The quantitative estimate of drug-likeness (QED) is 0.605. The predicted molar refractivity (Wildman–Crippen MR) is 87.4 cm³/mol. The van der Waals surface area contributed by atoms with Gasteiger partial charge in [0.05, 0.1) is 16.9 Å². The molecule has 0 amide bonds. The Morgan fingerprint density at radius 3 is 2.87 bits per heavy atom. The topological polar surface area (TPSA) is 88.0 Å². The van der Waals surface area contributed by atoms with Gasteiger partial charge >= 0.3 is 0 Å². The monoisotopic (exact) mass is 306 g/mol. The summed E-state index contributed by atoms with van der Waals surface area (Å²) in [5.74, 6) is 1.16. The molecule has 0 saturated carbocycles. The summed E-state index contributed by atoms with van der Waals surface area (Å²) in [5.41, 5.74) is 1.25. The lowest BCUT2D eigenvalue weighted by molar-refractivity contribution is 0.762. The smallest absolute Gasteiger partial charge is 0.260 e.